The Labute approximate surface area is 88.2 Å². The number of carbonyl (C=O) groups excluding carboxylic acids is 1. The number of nitrogens with zero attached hydrogens (tertiary/aromatic N) is 1. The second-order valence-electron chi connectivity index (χ2n) is 2.94. The number of nitroso groups, excluding NO2 is 1. The minimum atomic E-state index is -0.444. The highest BCUT2D eigenvalue weighted by atomic mass is 35.5. The Morgan fingerprint density at radius 1 is 1.57 bits per heavy atom. The summed E-state index contributed by atoms with van der Waals surface area (Å²) in [5.74, 6) is -0.0642. The van der Waals surface area contributed by atoms with Crippen molar-refractivity contribution in [3.63, 3.8) is 0 Å². The van der Waals surface area contributed by atoms with E-state index in [1.54, 1.807) is 6.92 Å². The number of hydrogen-bond acceptors (Lipinski definition) is 4. The summed E-state index contributed by atoms with van der Waals surface area (Å²) in [5.41, 5.74) is 0.345. The molecule has 0 saturated carbocycles. The summed E-state index contributed by atoms with van der Waals surface area (Å²) < 4.78 is 4.80. The number of carbonyl (C=O) groups is 1. The van der Waals surface area contributed by atoms with E-state index in [1.807, 2.05) is 0 Å². The van der Waals surface area contributed by atoms with Crippen molar-refractivity contribution >= 4 is 17.6 Å². The fraction of sp³-hybridized carbons (Fsp3) is 0.667. The molecule has 4 nitrogen and oxygen atoms in total. The van der Waals surface area contributed by atoms with Crippen LogP contribution in [0.2, 0.25) is 0 Å². The Morgan fingerprint density at radius 3 is 2.64 bits per heavy atom. The van der Waals surface area contributed by atoms with Crippen molar-refractivity contribution in [3.05, 3.63) is 17.1 Å². The molecule has 0 rings (SSSR count). The van der Waals surface area contributed by atoms with E-state index in [2.05, 4.69) is 11.8 Å². The van der Waals surface area contributed by atoms with E-state index in [1.165, 1.54) is 0 Å². The van der Waals surface area contributed by atoms with Crippen molar-refractivity contribution in [1.82, 2.24) is 0 Å². The molecule has 0 bridgehead atoms. The van der Waals surface area contributed by atoms with Crippen molar-refractivity contribution in [1.29, 1.82) is 0 Å². The van der Waals surface area contributed by atoms with Gasteiger partial charge in [-0.05, 0) is 13.3 Å². The first-order valence-electron chi connectivity index (χ1n) is 4.33. The van der Waals surface area contributed by atoms with Gasteiger partial charge in [0, 0.05) is 17.9 Å². The Hall–Kier alpha value is -0.900. The fourth-order valence-electron chi connectivity index (χ4n) is 0.787. The zero-order chi connectivity index (χ0) is 11.0. The van der Waals surface area contributed by atoms with Gasteiger partial charge in [0.2, 0.25) is 0 Å². The van der Waals surface area contributed by atoms with E-state index < -0.39 is 5.97 Å². The lowest BCUT2D eigenvalue weighted by Gasteiger charge is -2.07. The van der Waals surface area contributed by atoms with Crippen molar-refractivity contribution in [2.24, 2.45) is 5.18 Å². The minimum absolute atomic E-state index is 0.180. The third kappa shape index (κ3) is 5.70. The molecule has 0 aliphatic carbocycles. The first-order valence-corrected chi connectivity index (χ1v) is 4.86. The van der Waals surface area contributed by atoms with Crippen LogP contribution in [0.1, 0.15) is 19.8 Å². The highest BCUT2D eigenvalue weighted by Crippen LogP contribution is 2.05. The maximum Gasteiger partial charge on any atom is 0.333 e. The summed E-state index contributed by atoms with van der Waals surface area (Å²) in [4.78, 5) is 21.2. The van der Waals surface area contributed by atoms with Gasteiger partial charge in [0.15, 0.2) is 0 Å². The number of ether oxygens (including phenoxy) is 1. The minimum Gasteiger partial charge on any atom is -0.462 e. The maximum atomic E-state index is 10.9. The standard InChI is InChI=1S/C9H14ClNO3/c1-7(2)9(12)14-6-4-8(11-13)3-5-10/h8H,1,3-6H2,2H3. The van der Waals surface area contributed by atoms with Gasteiger partial charge in [0.1, 0.15) is 0 Å². The van der Waals surface area contributed by atoms with E-state index in [9.17, 15) is 9.70 Å². The molecule has 0 aliphatic heterocycles. The second-order valence-corrected chi connectivity index (χ2v) is 3.32. The molecule has 80 valence electrons. The molecule has 5 heteroatoms. The molecule has 0 aromatic heterocycles. The van der Waals surface area contributed by atoms with Gasteiger partial charge in [-0.1, -0.05) is 11.8 Å². The van der Waals surface area contributed by atoms with Crippen LogP contribution in [0.5, 0.6) is 0 Å². The van der Waals surface area contributed by atoms with E-state index in [4.69, 9.17) is 16.3 Å². The van der Waals surface area contributed by atoms with Crippen LogP contribution in [0, 0.1) is 4.91 Å². The molecule has 0 saturated heterocycles. The largest absolute Gasteiger partial charge is 0.462 e. The SMILES string of the molecule is C=C(C)C(=O)OCCC(CCCl)N=O. The van der Waals surface area contributed by atoms with Crippen molar-refractivity contribution in [2.75, 3.05) is 12.5 Å². The first-order chi connectivity index (χ1) is 6.61. The monoisotopic (exact) mass is 219 g/mol. The third-order valence-corrected chi connectivity index (χ3v) is 1.84. The van der Waals surface area contributed by atoms with Gasteiger partial charge < -0.3 is 4.74 Å². The van der Waals surface area contributed by atoms with Crippen molar-refractivity contribution < 1.29 is 9.53 Å². The van der Waals surface area contributed by atoms with Gasteiger partial charge in [0.25, 0.3) is 0 Å². The van der Waals surface area contributed by atoms with Crippen molar-refractivity contribution in [2.45, 2.75) is 25.8 Å². The van der Waals surface area contributed by atoms with Gasteiger partial charge in [-0.25, -0.2) is 4.79 Å². The number of esters is 1. The maximum absolute atomic E-state index is 10.9. The van der Waals surface area contributed by atoms with Gasteiger partial charge in [0.05, 0.1) is 12.6 Å². The Morgan fingerprint density at radius 2 is 2.21 bits per heavy atom. The molecule has 1 atom stereocenters. The quantitative estimate of drug-likeness (QED) is 0.286. The van der Waals surface area contributed by atoms with Gasteiger partial charge in [-0.2, -0.15) is 4.91 Å². The summed E-state index contributed by atoms with van der Waals surface area (Å²) >= 11 is 5.45. The van der Waals surface area contributed by atoms with Crippen LogP contribution in [-0.4, -0.2) is 24.5 Å². The lowest BCUT2D eigenvalue weighted by molar-refractivity contribution is -0.139. The molecule has 0 fully saturated rings. The second kappa shape index (κ2) is 7.50. The molecule has 0 N–H and O–H groups in total. The molecule has 0 aromatic carbocycles. The number of rotatable bonds is 7. The number of alkyl halides is 1. The zero-order valence-electron chi connectivity index (χ0n) is 8.16. The van der Waals surface area contributed by atoms with Gasteiger partial charge in [-0.15, -0.1) is 11.6 Å². The van der Waals surface area contributed by atoms with Crippen LogP contribution >= 0.6 is 11.6 Å². The predicted octanol–water partition coefficient (Wildman–Crippen LogP) is 2.26. The lowest BCUT2D eigenvalue weighted by atomic mass is 10.2. The van der Waals surface area contributed by atoms with Gasteiger partial charge in [-0.3, -0.25) is 0 Å². The molecule has 0 aliphatic rings. The summed E-state index contributed by atoms with van der Waals surface area (Å²) in [6.45, 7) is 5.17. The molecule has 0 heterocycles. The topological polar surface area (TPSA) is 55.7 Å². The molecule has 0 amide bonds. The van der Waals surface area contributed by atoms with E-state index in [0.717, 1.165) is 0 Å². The Balaban J connectivity index is 3.65. The fourth-order valence-corrected chi connectivity index (χ4v) is 1.04. The number of hydrogen-bond donors (Lipinski definition) is 0. The predicted molar refractivity (Wildman–Crippen MR) is 55.3 cm³/mol. The number of halogens is 1. The van der Waals surface area contributed by atoms with Crippen LogP contribution in [0.15, 0.2) is 17.3 Å². The third-order valence-electron chi connectivity index (χ3n) is 1.62. The van der Waals surface area contributed by atoms with Crippen LogP contribution < -0.4 is 0 Å². The molecule has 0 spiro atoms. The first kappa shape index (κ1) is 13.1. The van der Waals surface area contributed by atoms with Crippen molar-refractivity contribution in [3.8, 4) is 0 Å². The molecule has 0 aromatic rings. The Bertz CT molecular complexity index is 218. The lowest BCUT2D eigenvalue weighted by Crippen LogP contribution is -2.12. The average molecular weight is 220 g/mol. The zero-order valence-corrected chi connectivity index (χ0v) is 8.92. The van der Waals surface area contributed by atoms with Crippen LogP contribution in [0.4, 0.5) is 0 Å². The van der Waals surface area contributed by atoms with Crippen LogP contribution in [0.3, 0.4) is 0 Å². The molecular weight excluding hydrogens is 206 g/mol. The summed E-state index contributed by atoms with van der Waals surface area (Å²) in [7, 11) is 0. The molecule has 0 radical (unpaired) electrons. The Kier molecular flexibility index (Phi) is 7.02. The highest BCUT2D eigenvalue weighted by molar-refractivity contribution is 6.17. The normalized spacial score (nSPS) is 11.9. The van der Waals surface area contributed by atoms with E-state index in [0.29, 0.717) is 24.3 Å². The van der Waals surface area contributed by atoms with Crippen LogP contribution in [0.25, 0.3) is 0 Å². The van der Waals surface area contributed by atoms with E-state index in [-0.39, 0.29) is 12.6 Å². The summed E-state index contributed by atoms with van der Waals surface area (Å²) in [6, 6.07) is -0.370. The van der Waals surface area contributed by atoms with E-state index >= 15 is 0 Å². The summed E-state index contributed by atoms with van der Waals surface area (Å²) in [5, 5.41) is 2.87. The molecular formula is C9H14ClNO3. The highest BCUT2D eigenvalue weighted by Gasteiger charge is 2.09. The van der Waals surface area contributed by atoms with Gasteiger partial charge >= 0.3 is 5.97 Å². The van der Waals surface area contributed by atoms with Crippen LogP contribution in [-0.2, 0) is 9.53 Å². The average Bonchev–Trinajstić information content (AvgIpc) is 2.16. The smallest absolute Gasteiger partial charge is 0.333 e. The summed E-state index contributed by atoms with van der Waals surface area (Å²) in [6.07, 6.45) is 0.922. The molecule has 1 unspecified atom stereocenters. The molecule has 14 heavy (non-hydrogen) atoms.